The van der Waals surface area contributed by atoms with Gasteiger partial charge in [-0.25, -0.2) is 9.50 Å². The lowest BCUT2D eigenvalue weighted by Crippen LogP contribution is -2.46. The third-order valence-electron chi connectivity index (χ3n) is 3.95. The molecule has 3 heterocycles. The van der Waals surface area contributed by atoms with Crippen LogP contribution >= 0.6 is 0 Å². The van der Waals surface area contributed by atoms with Crippen LogP contribution < -0.4 is 9.80 Å². The predicted octanol–water partition coefficient (Wildman–Crippen LogP) is 2.06. The van der Waals surface area contributed by atoms with Gasteiger partial charge in [0.15, 0.2) is 11.5 Å². The molecule has 0 bridgehead atoms. The fraction of sp³-hybridized carbons (Fsp3) is 0.250. The molecule has 5 nitrogen and oxygen atoms in total. The van der Waals surface area contributed by atoms with E-state index in [-0.39, 0.29) is 0 Å². The van der Waals surface area contributed by atoms with Crippen molar-refractivity contribution in [3.8, 4) is 0 Å². The molecule has 0 spiro atoms. The third kappa shape index (κ3) is 2.31. The molecule has 0 aliphatic carbocycles. The Balaban J connectivity index is 1.50. The number of fused-ring (bicyclic) bond motifs is 1. The van der Waals surface area contributed by atoms with Crippen LogP contribution in [0.4, 0.5) is 11.5 Å². The van der Waals surface area contributed by atoms with Gasteiger partial charge in [0, 0.05) is 50.3 Å². The minimum absolute atomic E-state index is 0.901. The van der Waals surface area contributed by atoms with Crippen LogP contribution in [0.2, 0.25) is 0 Å². The average molecular weight is 279 g/mol. The molecule has 1 saturated heterocycles. The number of aromatic nitrogens is 3. The molecule has 4 rings (SSSR count). The van der Waals surface area contributed by atoms with Gasteiger partial charge in [-0.1, -0.05) is 18.2 Å². The highest BCUT2D eigenvalue weighted by molar-refractivity contribution is 5.54. The van der Waals surface area contributed by atoms with E-state index in [0.29, 0.717) is 0 Å². The van der Waals surface area contributed by atoms with Crippen molar-refractivity contribution in [3.63, 3.8) is 0 Å². The van der Waals surface area contributed by atoms with Crippen LogP contribution in [-0.2, 0) is 0 Å². The van der Waals surface area contributed by atoms with Gasteiger partial charge in [-0.15, -0.1) is 5.10 Å². The summed E-state index contributed by atoms with van der Waals surface area (Å²) in [6.45, 7) is 4.01. The normalized spacial score (nSPS) is 15.6. The van der Waals surface area contributed by atoms with Crippen molar-refractivity contribution in [3.05, 3.63) is 54.9 Å². The average Bonchev–Trinajstić information content (AvgIpc) is 3.00. The van der Waals surface area contributed by atoms with Crippen LogP contribution in [0, 0.1) is 0 Å². The molecule has 21 heavy (non-hydrogen) atoms. The molecule has 106 valence electrons. The Bertz CT molecular complexity index is 696. The van der Waals surface area contributed by atoms with Crippen molar-refractivity contribution < 1.29 is 0 Å². The molecular weight excluding hydrogens is 262 g/mol. The summed E-state index contributed by atoms with van der Waals surface area (Å²) in [5.41, 5.74) is 2.20. The number of rotatable bonds is 2. The van der Waals surface area contributed by atoms with Crippen LogP contribution in [0.3, 0.4) is 0 Å². The molecule has 5 heteroatoms. The third-order valence-corrected chi connectivity index (χ3v) is 3.95. The summed E-state index contributed by atoms with van der Waals surface area (Å²) in [5.74, 6) is 1.02. The van der Waals surface area contributed by atoms with Crippen LogP contribution in [0.25, 0.3) is 5.65 Å². The smallest absolute Gasteiger partial charge is 0.157 e. The van der Waals surface area contributed by atoms with E-state index >= 15 is 0 Å². The van der Waals surface area contributed by atoms with Gasteiger partial charge < -0.3 is 9.80 Å². The maximum absolute atomic E-state index is 4.60. The van der Waals surface area contributed by atoms with Gasteiger partial charge >= 0.3 is 0 Å². The molecule has 0 atom stereocenters. The second-order valence-corrected chi connectivity index (χ2v) is 5.23. The van der Waals surface area contributed by atoms with Crippen molar-refractivity contribution in [2.45, 2.75) is 0 Å². The van der Waals surface area contributed by atoms with Crippen molar-refractivity contribution in [1.82, 2.24) is 14.6 Å². The summed E-state index contributed by atoms with van der Waals surface area (Å²) in [7, 11) is 0. The number of para-hydroxylation sites is 1. The zero-order chi connectivity index (χ0) is 14.1. The first-order chi connectivity index (χ1) is 10.4. The second kappa shape index (κ2) is 5.09. The summed E-state index contributed by atoms with van der Waals surface area (Å²) in [6, 6.07) is 14.5. The van der Waals surface area contributed by atoms with E-state index in [1.54, 1.807) is 6.20 Å². The standard InChI is InChI=1S/C16H17N5/c1-2-5-14(6-3-1)19-9-11-20(12-10-19)16-13-15-17-7-4-8-21(15)18-16/h1-8,13H,9-12H2. The molecule has 0 saturated carbocycles. The molecule has 0 radical (unpaired) electrons. The number of nitrogens with zero attached hydrogens (tertiary/aromatic N) is 5. The highest BCUT2D eigenvalue weighted by Crippen LogP contribution is 2.19. The van der Waals surface area contributed by atoms with E-state index in [4.69, 9.17) is 0 Å². The predicted molar refractivity (Wildman–Crippen MR) is 83.9 cm³/mol. The second-order valence-electron chi connectivity index (χ2n) is 5.23. The molecule has 2 aromatic heterocycles. The van der Waals surface area contributed by atoms with E-state index < -0.39 is 0 Å². The molecule has 3 aromatic rings. The SMILES string of the molecule is c1ccc(N2CCN(c3cc4ncccn4n3)CC2)cc1. The molecule has 0 unspecified atom stereocenters. The molecular formula is C16H17N5. The molecule has 1 fully saturated rings. The van der Waals surface area contributed by atoms with E-state index in [2.05, 4.69) is 56.3 Å². The Hall–Kier alpha value is -2.56. The maximum atomic E-state index is 4.60. The van der Waals surface area contributed by atoms with Gasteiger partial charge in [0.05, 0.1) is 0 Å². The van der Waals surface area contributed by atoms with Crippen LogP contribution in [0.15, 0.2) is 54.9 Å². The van der Waals surface area contributed by atoms with E-state index in [0.717, 1.165) is 37.6 Å². The molecule has 1 aliphatic rings. The Labute approximate surface area is 123 Å². The minimum Gasteiger partial charge on any atom is -0.368 e. The summed E-state index contributed by atoms with van der Waals surface area (Å²) in [5, 5.41) is 4.60. The van der Waals surface area contributed by atoms with Crippen molar-refractivity contribution in [2.24, 2.45) is 0 Å². The van der Waals surface area contributed by atoms with Gasteiger partial charge in [0.1, 0.15) is 0 Å². The van der Waals surface area contributed by atoms with Crippen LogP contribution in [0.5, 0.6) is 0 Å². The molecule has 0 amide bonds. The highest BCUT2D eigenvalue weighted by atomic mass is 15.4. The zero-order valence-electron chi connectivity index (χ0n) is 11.8. The van der Waals surface area contributed by atoms with Gasteiger partial charge in [-0.2, -0.15) is 0 Å². The Morgan fingerprint density at radius 1 is 0.857 bits per heavy atom. The maximum Gasteiger partial charge on any atom is 0.157 e. The highest BCUT2D eigenvalue weighted by Gasteiger charge is 2.19. The van der Waals surface area contributed by atoms with Gasteiger partial charge in [0.2, 0.25) is 0 Å². The number of hydrogen-bond donors (Lipinski definition) is 0. The number of anilines is 2. The first-order valence-electron chi connectivity index (χ1n) is 7.25. The van der Waals surface area contributed by atoms with Crippen LogP contribution in [-0.4, -0.2) is 40.8 Å². The van der Waals surface area contributed by atoms with Gasteiger partial charge in [-0.05, 0) is 18.2 Å². The van der Waals surface area contributed by atoms with Crippen molar-refractivity contribution >= 4 is 17.2 Å². The summed E-state index contributed by atoms with van der Waals surface area (Å²) in [6.07, 6.45) is 3.74. The molecule has 1 aliphatic heterocycles. The largest absolute Gasteiger partial charge is 0.368 e. The summed E-state index contributed by atoms with van der Waals surface area (Å²) < 4.78 is 1.83. The summed E-state index contributed by atoms with van der Waals surface area (Å²) in [4.78, 5) is 9.07. The Morgan fingerprint density at radius 3 is 2.38 bits per heavy atom. The number of piperazine rings is 1. The number of hydrogen-bond acceptors (Lipinski definition) is 4. The van der Waals surface area contributed by atoms with E-state index in [1.807, 2.05) is 16.8 Å². The van der Waals surface area contributed by atoms with Crippen LogP contribution in [0.1, 0.15) is 0 Å². The molecule has 0 N–H and O–H groups in total. The Kier molecular flexibility index (Phi) is 2.96. The fourth-order valence-electron chi connectivity index (χ4n) is 2.80. The summed E-state index contributed by atoms with van der Waals surface area (Å²) >= 11 is 0. The first kappa shape index (κ1) is 12.2. The fourth-order valence-corrected chi connectivity index (χ4v) is 2.80. The monoisotopic (exact) mass is 279 g/mol. The number of benzene rings is 1. The minimum atomic E-state index is 0.901. The van der Waals surface area contributed by atoms with E-state index in [1.165, 1.54) is 5.69 Å². The van der Waals surface area contributed by atoms with Gasteiger partial charge in [-0.3, -0.25) is 0 Å². The lowest BCUT2D eigenvalue weighted by atomic mass is 10.2. The Morgan fingerprint density at radius 2 is 1.62 bits per heavy atom. The van der Waals surface area contributed by atoms with Crippen molar-refractivity contribution in [2.75, 3.05) is 36.0 Å². The zero-order valence-corrected chi connectivity index (χ0v) is 11.8. The molecule has 1 aromatic carbocycles. The topological polar surface area (TPSA) is 36.7 Å². The van der Waals surface area contributed by atoms with Crippen molar-refractivity contribution in [1.29, 1.82) is 0 Å². The first-order valence-corrected chi connectivity index (χ1v) is 7.25. The van der Waals surface area contributed by atoms with Gasteiger partial charge in [0.25, 0.3) is 0 Å². The quantitative estimate of drug-likeness (QED) is 0.719. The lowest BCUT2D eigenvalue weighted by molar-refractivity contribution is 0.645. The van der Waals surface area contributed by atoms with E-state index in [9.17, 15) is 0 Å². The lowest BCUT2D eigenvalue weighted by Gasteiger charge is -2.36.